The summed E-state index contributed by atoms with van der Waals surface area (Å²) in [4.78, 5) is 16.5. The maximum absolute atomic E-state index is 12.2. The van der Waals surface area contributed by atoms with Crippen molar-refractivity contribution in [1.82, 2.24) is 4.98 Å². The zero-order valence-electron chi connectivity index (χ0n) is 26.7. The number of ether oxygens (including phenoxy) is 2. The number of aromatic nitrogens is 1. The normalized spacial score (nSPS) is 12.9. The molecule has 0 bridgehead atoms. The van der Waals surface area contributed by atoms with Crippen molar-refractivity contribution < 1.29 is 18.3 Å². The van der Waals surface area contributed by atoms with Gasteiger partial charge in [-0.3, -0.25) is 5.41 Å². The highest BCUT2D eigenvalue weighted by molar-refractivity contribution is 5.81. The van der Waals surface area contributed by atoms with Crippen LogP contribution in [0.25, 0.3) is 22.1 Å². The molecule has 0 aliphatic carbocycles. The molecule has 0 amide bonds. The van der Waals surface area contributed by atoms with Gasteiger partial charge in [0.25, 0.3) is 0 Å². The van der Waals surface area contributed by atoms with Gasteiger partial charge in [-0.1, -0.05) is 92.9 Å². The Morgan fingerprint density at radius 1 is 0.929 bits per heavy atom. The highest BCUT2D eigenvalue weighted by Gasteiger charge is 2.34. The molecular weight excluding hydrogens is 528 g/mol. The second-order valence-corrected chi connectivity index (χ2v) is 13.5. The average Bonchev–Trinajstić information content (AvgIpc) is 3.46. The molecule has 1 atom stereocenters. The van der Waals surface area contributed by atoms with Gasteiger partial charge in [0.1, 0.15) is 0 Å². The molecule has 3 heterocycles. The molecule has 7 heteroatoms. The average molecular weight is 581 g/mol. The monoisotopic (exact) mass is 580 g/mol. The zero-order valence-corrected chi connectivity index (χ0v) is 26.7. The summed E-state index contributed by atoms with van der Waals surface area (Å²) < 4.78 is 22.2. The zero-order chi connectivity index (χ0) is 30.6. The third kappa shape index (κ3) is 10.6. The molecule has 3 aromatic heterocycles. The van der Waals surface area contributed by atoms with Crippen LogP contribution < -0.4 is 10.4 Å². The fourth-order valence-electron chi connectivity index (χ4n) is 5.26. The first-order valence-electron chi connectivity index (χ1n) is 15.8. The van der Waals surface area contributed by atoms with Crippen molar-refractivity contribution in [2.45, 2.75) is 112 Å². The van der Waals surface area contributed by atoms with Crippen LogP contribution in [0.1, 0.15) is 112 Å². The van der Waals surface area contributed by atoms with Crippen molar-refractivity contribution in [2.75, 3.05) is 13.2 Å². The summed E-state index contributed by atoms with van der Waals surface area (Å²) >= 11 is 0. The quantitative estimate of drug-likeness (QED) is 0.0913. The van der Waals surface area contributed by atoms with E-state index in [1.54, 1.807) is 18.3 Å². The van der Waals surface area contributed by atoms with Crippen molar-refractivity contribution in [3.8, 4) is 17.0 Å². The van der Waals surface area contributed by atoms with Crippen LogP contribution in [0.15, 0.2) is 50.6 Å². The van der Waals surface area contributed by atoms with E-state index in [4.69, 9.17) is 23.7 Å². The number of unbranched alkanes of at least 4 members (excludes halogenated alkanes) is 9. The maximum atomic E-state index is 12.2. The van der Waals surface area contributed by atoms with Crippen molar-refractivity contribution in [2.24, 2.45) is 16.7 Å². The van der Waals surface area contributed by atoms with E-state index in [2.05, 4.69) is 46.5 Å². The molecule has 0 aromatic carbocycles. The Morgan fingerprint density at radius 2 is 1.55 bits per heavy atom. The highest BCUT2D eigenvalue weighted by Crippen LogP contribution is 2.37. The lowest BCUT2D eigenvalue weighted by molar-refractivity contribution is 0.172. The van der Waals surface area contributed by atoms with E-state index in [1.807, 2.05) is 6.07 Å². The molecule has 0 spiro atoms. The summed E-state index contributed by atoms with van der Waals surface area (Å²) in [6, 6.07) is 5.34. The predicted molar refractivity (Wildman–Crippen MR) is 170 cm³/mol. The first-order valence-corrected chi connectivity index (χ1v) is 15.8. The summed E-state index contributed by atoms with van der Waals surface area (Å²) in [6.07, 6.45) is 17.5. The molecule has 42 heavy (non-hydrogen) atoms. The lowest BCUT2D eigenvalue weighted by Crippen LogP contribution is -2.35. The minimum absolute atomic E-state index is 0.223. The van der Waals surface area contributed by atoms with Crippen molar-refractivity contribution in [1.29, 1.82) is 5.41 Å². The molecule has 0 radical (unpaired) electrons. The van der Waals surface area contributed by atoms with Crippen molar-refractivity contribution in [3.63, 3.8) is 0 Å². The Balaban J connectivity index is 1.19. The minimum atomic E-state index is -0.414. The first kappa shape index (κ1) is 33.4. The molecule has 0 aliphatic heterocycles. The molecule has 7 nitrogen and oxygen atoms in total. The van der Waals surface area contributed by atoms with E-state index >= 15 is 0 Å². The highest BCUT2D eigenvalue weighted by atomic mass is 16.5. The van der Waals surface area contributed by atoms with Crippen LogP contribution >= 0.6 is 0 Å². The lowest BCUT2D eigenvalue weighted by Gasteiger charge is -2.35. The number of pyridine rings is 1. The largest absolute Gasteiger partial charge is 0.481 e. The number of nitrogens with one attached hydrogen (secondary N) is 1. The molecule has 0 saturated heterocycles. The Bertz CT molecular complexity index is 1290. The predicted octanol–water partition coefficient (Wildman–Crippen LogP) is 9.82. The fourth-order valence-corrected chi connectivity index (χ4v) is 5.26. The summed E-state index contributed by atoms with van der Waals surface area (Å²) in [5, 5.41) is 9.21. The molecule has 3 aromatic rings. The van der Waals surface area contributed by atoms with Crippen LogP contribution in [-0.2, 0) is 4.74 Å². The SMILES string of the molecule is CC(CC(C)(C)C)C(C)(C)C(=N)OCCCCCCCCCCCCOc1cc2cc(-c3ccoc3)c(=O)oc2cn1. The van der Waals surface area contributed by atoms with E-state index in [1.165, 1.54) is 57.5 Å². The minimum Gasteiger partial charge on any atom is -0.481 e. The maximum Gasteiger partial charge on any atom is 0.344 e. The summed E-state index contributed by atoms with van der Waals surface area (Å²) in [5.74, 6) is 1.39. The third-order valence-corrected chi connectivity index (χ3v) is 8.20. The van der Waals surface area contributed by atoms with Gasteiger partial charge in [0, 0.05) is 22.4 Å². The van der Waals surface area contributed by atoms with Crippen LogP contribution in [0.3, 0.4) is 0 Å². The number of nitrogens with zero attached hydrogens (tertiary/aromatic N) is 1. The molecule has 0 saturated carbocycles. The molecule has 1 N–H and O–H groups in total. The van der Waals surface area contributed by atoms with Crippen LogP contribution in [0, 0.1) is 22.2 Å². The summed E-state index contributed by atoms with van der Waals surface area (Å²) in [7, 11) is 0. The fraction of sp³-hybridized carbons (Fsp3) is 0.629. The summed E-state index contributed by atoms with van der Waals surface area (Å²) in [6.45, 7) is 14.6. The van der Waals surface area contributed by atoms with Gasteiger partial charge in [0.15, 0.2) is 11.5 Å². The van der Waals surface area contributed by atoms with Crippen LogP contribution in [0.5, 0.6) is 5.88 Å². The Kier molecular flexibility index (Phi) is 12.7. The smallest absolute Gasteiger partial charge is 0.344 e. The molecular formula is C35H52N2O5. The van der Waals surface area contributed by atoms with E-state index in [0.717, 1.165) is 31.1 Å². The number of hydrogen-bond acceptors (Lipinski definition) is 7. The van der Waals surface area contributed by atoms with Gasteiger partial charge in [-0.2, -0.15) is 0 Å². The van der Waals surface area contributed by atoms with E-state index in [9.17, 15) is 4.79 Å². The third-order valence-electron chi connectivity index (χ3n) is 8.20. The second kappa shape index (κ2) is 15.9. The second-order valence-electron chi connectivity index (χ2n) is 13.5. The standard InChI is InChI=1S/C35H52N2O5/c1-26(23-34(2,3)4)35(5,6)33(36)41-19-16-14-12-10-8-7-9-11-13-15-18-40-31-22-28-21-29(27-17-20-39-25-27)32(38)42-30(28)24-37-31/h17,20-22,24-26,36H,7-16,18-19,23H2,1-6H3. The number of rotatable bonds is 18. The van der Waals surface area contributed by atoms with Crippen LogP contribution in [-0.4, -0.2) is 24.1 Å². The first-order chi connectivity index (χ1) is 20.0. The van der Waals surface area contributed by atoms with Gasteiger partial charge in [-0.15, -0.1) is 0 Å². The van der Waals surface area contributed by atoms with Crippen LogP contribution in [0.4, 0.5) is 0 Å². The van der Waals surface area contributed by atoms with Gasteiger partial charge >= 0.3 is 5.63 Å². The molecule has 3 rings (SSSR count). The summed E-state index contributed by atoms with van der Waals surface area (Å²) in [5.41, 5.74) is 1.21. The molecule has 232 valence electrons. The van der Waals surface area contributed by atoms with Gasteiger partial charge in [0.05, 0.1) is 37.5 Å². The number of hydrogen-bond donors (Lipinski definition) is 1. The van der Waals surface area contributed by atoms with Gasteiger partial charge in [-0.25, -0.2) is 9.78 Å². The topological polar surface area (TPSA) is 98.6 Å². The Hall–Kier alpha value is -3.09. The van der Waals surface area contributed by atoms with Gasteiger partial charge in [-0.05, 0) is 42.7 Å². The number of furan rings is 1. The molecule has 0 aliphatic rings. The van der Waals surface area contributed by atoms with E-state index in [-0.39, 0.29) is 10.8 Å². The molecule has 1 unspecified atom stereocenters. The molecule has 0 fully saturated rings. The Labute approximate surface area is 251 Å². The van der Waals surface area contributed by atoms with Crippen LogP contribution in [0.2, 0.25) is 0 Å². The van der Waals surface area contributed by atoms with Crippen molar-refractivity contribution >= 4 is 16.9 Å². The van der Waals surface area contributed by atoms with Gasteiger partial charge in [0.2, 0.25) is 5.88 Å². The van der Waals surface area contributed by atoms with E-state index < -0.39 is 5.63 Å². The van der Waals surface area contributed by atoms with Gasteiger partial charge < -0.3 is 18.3 Å². The number of fused-ring (bicyclic) bond motifs is 1. The lowest BCUT2D eigenvalue weighted by atomic mass is 9.72. The van der Waals surface area contributed by atoms with E-state index in [0.29, 0.717) is 47.6 Å². The Morgan fingerprint density at radius 3 is 2.14 bits per heavy atom. The van der Waals surface area contributed by atoms with Crippen molar-refractivity contribution in [3.05, 3.63) is 47.3 Å².